The van der Waals surface area contributed by atoms with Crippen molar-refractivity contribution in [3.63, 3.8) is 0 Å². The fourth-order valence-corrected chi connectivity index (χ4v) is 1.88. The van der Waals surface area contributed by atoms with E-state index in [-0.39, 0.29) is 11.5 Å². The Hall–Kier alpha value is -2.08. The van der Waals surface area contributed by atoms with Crippen LogP contribution in [0.15, 0.2) is 58.7 Å². The maximum Gasteiger partial charge on any atom is 0.180 e. The lowest BCUT2D eigenvalue weighted by atomic mass is 10.1. The first-order valence-corrected chi connectivity index (χ1v) is 6.62. The van der Waals surface area contributed by atoms with Gasteiger partial charge in [-0.15, -0.1) is 0 Å². The van der Waals surface area contributed by atoms with Crippen molar-refractivity contribution in [1.82, 2.24) is 5.48 Å². The van der Waals surface area contributed by atoms with Crippen molar-refractivity contribution in [3.05, 3.63) is 64.1 Å². The number of nitrogens with one attached hydrogen (secondary N) is 1. The molecule has 0 amide bonds. The SMILES string of the molecule is O/N=C(/C(=Nc1ccc(Cl)cc1)NO)c1ccc(Cl)cc1. The lowest BCUT2D eigenvalue weighted by Crippen LogP contribution is -2.29. The van der Waals surface area contributed by atoms with Gasteiger partial charge in [0.25, 0.3) is 0 Å². The zero-order valence-corrected chi connectivity index (χ0v) is 12.2. The standard InChI is InChI=1S/C14H11Cl2N3O2/c15-10-3-1-9(2-4-10)13(18-20)14(19-21)17-12-7-5-11(16)6-8-12/h1-8,20-21H,(H,17,19)/b18-13+. The summed E-state index contributed by atoms with van der Waals surface area (Å²) in [5.41, 5.74) is 3.07. The maximum absolute atomic E-state index is 9.23. The van der Waals surface area contributed by atoms with Gasteiger partial charge >= 0.3 is 0 Å². The summed E-state index contributed by atoms with van der Waals surface area (Å²) in [7, 11) is 0. The first kappa shape index (κ1) is 15.3. The Morgan fingerprint density at radius 3 is 1.90 bits per heavy atom. The molecule has 108 valence electrons. The summed E-state index contributed by atoms with van der Waals surface area (Å²) in [5, 5.41) is 22.7. The number of nitrogens with zero attached hydrogens (tertiary/aromatic N) is 2. The van der Waals surface area contributed by atoms with E-state index in [1.54, 1.807) is 48.5 Å². The highest BCUT2D eigenvalue weighted by Crippen LogP contribution is 2.17. The minimum absolute atomic E-state index is 0.0119. The Bertz CT molecular complexity index is 668. The summed E-state index contributed by atoms with van der Waals surface area (Å²) >= 11 is 11.6. The highest BCUT2D eigenvalue weighted by atomic mass is 35.5. The number of hydroxylamine groups is 1. The normalized spacial score (nSPS) is 12.3. The smallest absolute Gasteiger partial charge is 0.180 e. The zero-order chi connectivity index (χ0) is 15.2. The number of hydrogen-bond donors (Lipinski definition) is 3. The van der Waals surface area contributed by atoms with Crippen molar-refractivity contribution in [3.8, 4) is 0 Å². The summed E-state index contributed by atoms with van der Waals surface area (Å²) in [5.74, 6) is -0.0119. The fourth-order valence-electron chi connectivity index (χ4n) is 1.63. The molecule has 3 N–H and O–H groups in total. The molecule has 0 fully saturated rings. The molecule has 0 radical (unpaired) electrons. The van der Waals surface area contributed by atoms with Crippen LogP contribution in [0.1, 0.15) is 5.56 Å². The largest absolute Gasteiger partial charge is 0.410 e. The van der Waals surface area contributed by atoms with E-state index in [1.807, 2.05) is 5.48 Å². The second kappa shape index (κ2) is 7.08. The van der Waals surface area contributed by atoms with E-state index in [0.29, 0.717) is 21.3 Å². The molecule has 21 heavy (non-hydrogen) atoms. The molecule has 0 atom stereocenters. The van der Waals surface area contributed by atoms with Gasteiger partial charge in [-0.05, 0) is 36.4 Å². The van der Waals surface area contributed by atoms with E-state index in [2.05, 4.69) is 10.1 Å². The molecule has 0 aliphatic carbocycles. The monoisotopic (exact) mass is 323 g/mol. The number of aliphatic imine (C=N–C) groups is 1. The van der Waals surface area contributed by atoms with Gasteiger partial charge in [0.1, 0.15) is 0 Å². The van der Waals surface area contributed by atoms with Crippen LogP contribution in [0.5, 0.6) is 0 Å². The lowest BCUT2D eigenvalue weighted by Gasteiger charge is -2.07. The zero-order valence-electron chi connectivity index (χ0n) is 10.7. The third-order valence-corrected chi connectivity index (χ3v) is 3.12. The molecular weight excluding hydrogens is 313 g/mol. The van der Waals surface area contributed by atoms with Crippen LogP contribution in [-0.4, -0.2) is 22.0 Å². The summed E-state index contributed by atoms with van der Waals surface area (Å²) < 4.78 is 0. The minimum Gasteiger partial charge on any atom is -0.410 e. The van der Waals surface area contributed by atoms with Gasteiger partial charge in [0.05, 0.1) is 5.69 Å². The van der Waals surface area contributed by atoms with Gasteiger partial charge < -0.3 is 5.21 Å². The number of benzene rings is 2. The number of oxime groups is 1. The van der Waals surface area contributed by atoms with Crippen molar-refractivity contribution in [1.29, 1.82) is 0 Å². The van der Waals surface area contributed by atoms with Crippen LogP contribution in [0.2, 0.25) is 10.0 Å². The molecule has 2 aromatic carbocycles. The first-order valence-electron chi connectivity index (χ1n) is 5.87. The Kier molecular flexibility index (Phi) is 5.16. The van der Waals surface area contributed by atoms with Crippen molar-refractivity contribution in [2.45, 2.75) is 0 Å². The number of amidine groups is 1. The van der Waals surface area contributed by atoms with Gasteiger partial charge in [0, 0.05) is 15.6 Å². The molecule has 0 saturated carbocycles. The summed E-state index contributed by atoms with van der Waals surface area (Å²) in [6, 6.07) is 13.2. The van der Waals surface area contributed by atoms with Crippen molar-refractivity contribution < 1.29 is 10.4 Å². The number of halogens is 2. The second-order valence-electron chi connectivity index (χ2n) is 4.00. The second-order valence-corrected chi connectivity index (χ2v) is 4.88. The van der Waals surface area contributed by atoms with E-state index in [9.17, 15) is 10.4 Å². The van der Waals surface area contributed by atoms with Crippen LogP contribution < -0.4 is 5.48 Å². The number of rotatable bonds is 3. The van der Waals surface area contributed by atoms with Crippen LogP contribution in [0.3, 0.4) is 0 Å². The van der Waals surface area contributed by atoms with Gasteiger partial charge in [0.2, 0.25) is 0 Å². The average Bonchev–Trinajstić information content (AvgIpc) is 2.50. The molecule has 0 spiro atoms. The summed E-state index contributed by atoms with van der Waals surface area (Å²) in [6.07, 6.45) is 0. The highest BCUT2D eigenvalue weighted by molar-refractivity contribution is 6.47. The van der Waals surface area contributed by atoms with E-state index < -0.39 is 0 Å². The third-order valence-electron chi connectivity index (χ3n) is 2.62. The molecule has 0 bridgehead atoms. The van der Waals surface area contributed by atoms with Gasteiger partial charge in [-0.1, -0.05) is 40.5 Å². The fraction of sp³-hybridized carbons (Fsp3) is 0. The van der Waals surface area contributed by atoms with Crippen LogP contribution in [0.25, 0.3) is 0 Å². The molecule has 0 aromatic heterocycles. The predicted octanol–water partition coefficient (Wildman–Crippen LogP) is 3.88. The Balaban J connectivity index is 2.38. The summed E-state index contributed by atoms with van der Waals surface area (Å²) in [6.45, 7) is 0. The average molecular weight is 324 g/mol. The quantitative estimate of drug-likeness (QED) is 0.347. The van der Waals surface area contributed by atoms with Crippen LogP contribution in [-0.2, 0) is 0 Å². The van der Waals surface area contributed by atoms with E-state index >= 15 is 0 Å². The predicted molar refractivity (Wildman–Crippen MR) is 83.2 cm³/mol. The van der Waals surface area contributed by atoms with Crippen molar-refractivity contribution in [2.75, 3.05) is 0 Å². The molecule has 0 aliphatic heterocycles. The Labute approximate surface area is 131 Å². The van der Waals surface area contributed by atoms with Gasteiger partial charge in [0.15, 0.2) is 11.5 Å². The third kappa shape index (κ3) is 3.95. The molecule has 2 aromatic rings. The minimum atomic E-state index is -0.0119. The Morgan fingerprint density at radius 1 is 0.905 bits per heavy atom. The van der Waals surface area contributed by atoms with E-state index in [1.165, 1.54) is 0 Å². The molecule has 0 saturated heterocycles. The van der Waals surface area contributed by atoms with Gasteiger partial charge in [-0.3, -0.25) is 10.7 Å². The van der Waals surface area contributed by atoms with E-state index in [0.717, 1.165) is 0 Å². The molecule has 5 nitrogen and oxygen atoms in total. The van der Waals surface area contributed by atoms with Crippen LogP contribution in [0.4, 0.5) is 5.69 Å². The van der Waals surface area contributed by atoms with Crippen LogP contribution in [0, 0.1) is 0 Å². The summed E-state index contributed by atoms with van der Waals surface area (Å²) in [4.78, 5) is 4.16. The molecule has 0 heterocycles. The molecular formula is C14H11Cl2N3O2. The van der Waals surface area contributed by atoms with Gasteiger partial charge in [-0.25, -0.2) is 4.99 Å². The van der Waals surface area contributed by atoms with E-state index in [4.69, 9.17) is 23.2 Å². The maximum atomic E-state index is 9.23. The molecule has 7 heteroatoms. The van der Waals surface area contributed by atoms with Crippen molar-refractivity contribution >= 4 is 40.4 Å². The molecule has 0 aliphatic rings. The first-order chi connectivity index (χ1) is 10.1. The molecule has 0 unspecified atom stereocenters. The number of hydrogen-bond acceptors (Lipinski definition) is 4. The van der Waals surface area contributed by atoms with Crippen LogP contribution >= 0.6 is 23.2 Å². The lowest BCUT2D eigenvalue weighted by molar-refractivity contribution is 0.236. The molecule has 2 rings (SSSR count). The topological polar surface area (TPSA) is 77.2 Å². The van der Waals surface area contributed by atoms with Gasteiger partial charge in [-0.2, -0.15) is 0 Å². The Morgan fingerprint density at radius 2 is 1.43 bits per heavy atom. The highest BCUT2D eigenvalue weighted by Gasteiger charge is 2.12. The van der Waals surface area contributed by atoms with Crippen molar-refractivity contribution in [2.24, 2.45) is 10.1 Å².